The van der Waals surface area contributed by atoms with E-state index in [2.05, 4.69) is 20.3 Å². The number of halogens is 1. The predicted molar refractivity (Wildman–Crippen MR) is 79.2 cm³/mol. The molecule has 0 fully saturated rings. The molecule has 3 N–H and O–H groups in total. The van der Waals surface area contributed by atoms with Crippen molar-refractivity contribution >= 4 is 23.5 Å². The summed E-state index contributed by atoms with van der Waals surface area (Å²) in [6.45, 7) is 6.86. The number of anilines is 2. The van der Waals surface area contributed by atoms with Crippen molar-refractivity contribution in [2.75, 3.05) is 36.5 Å². The van der Waals surface area contributed by atoms with Crippen LogP contribution in [0.2, 0.25) is 5.28 Å². The smallest absolute Gasteiger partial charge is 0.231 e. The van der Waals surface area contributed by atoms with Crippen LogP contribution in [0.5, 0.6) is 0 Å². The molecule has 0 aliphatic rings. The predicted octanol–water partition coefficient (Wildman–Crippen LogP) is 0.916. The van der Waals surface area contributed by atoms with E-state index in [1.165, 1.54) is 0 Å². The van der Waals surface area contributed by atoms with Crippen molar-refractivity contribution in [3.05, 3.63) is 5.28 Å². The summed E-state index contributed by atoms with van der Waals surface area (Å²) in [6.07, 6.45) is 0.518. The molecule has 20 heavy (non-hydrogen) atoms. The highest BCUT2D eigenvalue weighted by atomic mass is 35.5. The van der Waals surface area contributed by atoms with Gasteiger partial charge in [0.1, 0.15) is 0 Å². The molecule has 0 atom stereocenters. The minimum Gasteiger partial charge on any atom is -0.394 e. The molecule has 1 aromatic heterocycles. The van der Waals surface area contributed by atoms with Crippen LogP contribution < -0.4 is 10.2 Å². The van der Waals surface area contributed by atoms with Crippen LogP contribution >= 0.6 is 11.6 Å². The van der Waals surface area contributed by atoms with Gasteiger partial charge in [0.15, 0.2) is 0 Å². The van der Waals surface area contributed by atoms with Gasteiger partial charge in [0.2, 0.25) is 17.2 Å². The maximum atomic E-state index is 9.44. The zero-order chi connectivity index (χ0) is 15.2. The van der Waals surface area contributed by atoms with Crippen molar-refractivity contribution in [1.82, 2.24) is 15.0 Å². The number of hydrogen-bond donors (Lipinski definition) is 3. The molecule has 0 saturated carbocycles. The molecule has 0 aliphatic heterocycles. The van der Waals surface area contributed by atoms with E-state index in [0.29, 0.717) is 12.4 Å². The molecule has 0 unspecified atom stereocenters. The Hall–Kier alpha value is -1.18. The van der Waals surface area contributed by atoms with Crippen LogP contribution in [-0.4, -0.2) is 57.0 Å². The van der Waals surface area contributed by atoms with E-state index in [0.717, 1.165) is 13.1 Å². The van der Waals surface area contributed by atoms with Gasteiger partial charge in [0, 0.05) is 13.1 Å². The summed E-state index contributed by atoms with van der Waals surface area (Å²) in [5.74, 6) is 0.718. The Balaban J connectivity index is 3.07. The Bertz CT molecular complexity index is 416. The SMILES string of the molecule is CCN(CC)c1nc(Cl)nc(NC(CC)(CO)CO)n1. The Labute approximate surface area is 124 Å². The van der Waals surface area contributed by atoms with E-state index in [1.54, 1.807) is 0 Å². The molecule has 1 aromatic rings. The van der Waals surface area contributed by atoms with Crippen molar-refractivity contribution in [2.24, 2.45) is 0 Å². The molecular weight excluding hydrogens is 282 g/mol. The second-order valence-corrected chi connectivity index (χ2v) is 4.81. The van der Waals surface area contributed by atoms with Crippen LogP contribution in [0.1, 0.15) is 27.2 Å². The maximum absolute atomic E-state index is 9.44. The standard InChI is InChI=1S/C12H22ClN5O2/c1-4-12(7-19,8-20)17-10-14-9(13)15-11(16-10)18(5-2)6-3/h19-20H,4-8H2,1-3H3,(H,14,15,16,17). The molecule has 0 bridgehead atoms. The molecule has 1 rings (SSSR count). The Morgan fingerprint density at radius 2 is 1.70 bits per heavy atom. The third-order valence-corrected chi connectivity index (χ3v) is 3.47. The molecule has 0 spiro atoms. The largest absolute Gasteiger partial charge is 0.394 e. The highest BCUT2D eigenvalue weighted by molar-refractivity contribution is 6.28. The second kappa shape index (κ2) is 7.56. The van der Waals surface area contributed by atoms with Crippen molar-refractivity contribution < 1.29 is 10.2 Å². The van der Waals surface area contributed by atoms with E-state index in [1.807, 2.05) is 25.7 Å². The van der Waals surface area contributed by atoms with Crippen molar-refractivity contribution in [2.45, 2.75) is 32.7 Å². The molecule has 7 nitrogen and oxygen atoms in total. The fourth-order valence-electron chi connectivity index (χ4n) is 1.72. The third kappa shape index (κ3) is 3.91. The zero-order valence-electron chi connectivity index (χ0n) is 12.1. The van der Waals surface area contributed by atoms with Crippen LogP contribution in [0.15, 0.2) is 0 Å². The average Bonchev–Trinajstić information content (AvgIpc) is 2.46. The quantitative estimate of drug-likeness (QED) is 0.657. The molecule has 0 saturated heterocycles. The van der Waals surface area contributed by atoms with Crippen molar-refractivity contribution in [1.29, 1.82) is 0 Å². The second-order valence-electron chi connectivity index (χ2n) is 4.48. The van der Waals surface area contributed by atoms with Gasteiger partial charge in [-0.15, -0.1) is 0 Å². The van der Waals surface area contributed by atoms with Crippen LogP contribution in [0.3, 0.4) is 0 Å². The first-order valence-corrected chi connectivity index (χ1v) is 7.08. The van der Waals surface area contributed by atoms with Gasteiger partial charge in [-0.05, 0) is 31.9 Å². The fourth-order valence-corrected chi connectivity index (χ4v) is 1.88. The monoisotopic (exact) mass is 303 g/mol. The summed E-state index contributed by atoms with van der Waals surface area (Å²) in [4.78, 5) is 14.3. The summed E-state index contributed by atoms with van der Waals surface area (Å²) >= 11 is 5.91. The molecule has 0 aromatic carbocycles. The number of aliphatic hydroxyl groups is 2. The number of nitrogens with zero attached hydrogens (tertiary/aromatic N) is 4. The Morgan fingerprint density at radius 1 is 1.10 bits per heavy atom. The van der Waals surface area contributed by atoms with E-state index in [-0.39, 0.29) is 24.4 Å². The van der Waals surface area contributed by atoms with E-state index < -0.39 is 5.54 Å². The van der Waals surface area contributed by atoms with Crippen LogP contribution in [0, 0.1) is 0 Å². The van der Waals surface area contributed by atoms with E-state index in [9.17, 15) is 10.2 Å². The van der Waals surface area contributed by atoms with Crippen molar-refractivity contribution in [3.63, 3.8) is 0 Å². The summed E-state index contributed by atoms with van der Waals surface area (Å²) in [5.41, 5.74) is -0.870. The number of rotatable bonds is 8. The fraction of sp³-hybridized carbons (Fsp3) is 0.750. The summed E-state index contributed by atoms with van der Waals surface area (Å²) in [5, 5.41) is 21.9. The number of aliphatic hydroxyl groups excluding tert-OH is 2. The van der Waals surface area contributed by atoms with E-state index in [4.69, 9.17) is 11.6 Å². The normalized spacial score (nSPS) is 11.5. The summed E-state index contributed by atoms with van der Waals surface area (Å²) in [7, 11) is 0. The van der Waals surface area contributed by atoms with Crippen molar-refractivity contribution in [3.8, 4) is 0 Å². The molecule has 0 radical (unpaired) electrons. The molecule has 1 heterocycles. The number of hydrogen-bond acceptors (Lipinski definition) is 7. The van der Waals surface area contributed by atoms with Gasteiger partial charge in [-0.25, -0.2) is 0 Å². The maximum Gasteiger partial charge on any atom is 0.231 e. The highest BCUT2D eigenvalue weighted by Crippen LogP contribution is 2.19. The minimum atomic E-state index is -0.870. The first kappa shape index (κ1) is 16.9. The Morgan fingerprint density at radius 3 is 2.15 bits per heavy atom. The lowest BCUT2D eigenvalue weighted by atomic mass is 9.99. The van der Waals surface area contributed by atoms with Gasteiger partial charge in [-0.2, -0.15) is 15.0 Å². The van der Waals surface area contributed by atoms with Gasteiger partial charge < -0.3 is 20.4 Å². The Kier molecular flexibility index (Phi) is 6.38. The van der Waals surface area contributed by atoms with Gasteiger partial charge in [-0.3, -0.25) is 0 Å². The molecular formula is C12H22ClN5O2. The average molecular weight is 304 g/mol. The van der Waals surface area contributed by atoms with Crippen LogP contribution in [-0.2, 0) is 0 Å². The molecule has 0 amide bonds. The lowest BCUT2D eigenvalue weighted by Crippen LogP contribution is -2.45. The van der Waals surface area contributed by atoms with Gasteiger partial charge in [0.05, 0.1) is 18.8 Å². The van der Waals surface area contributed by atoms with Gasteiger partial charge >= 0.3 is 0 Å². The summed E-state index contributed by atoms with van der Waals surface area (Å²) < 4.78 is 0. The topological polar surface area (TPSA) is 94.4 Å². The molecule has 0 aliphatic carbocycles. The molecule has 8 heteroatoms. The molecule has 114 valence electrons. The lowest BCUT2D eigenvalue weighted by molar-refractivity contribution is 0.132. The first-order chi connectivity index (χ1) is 9.53. The zero-order valence-corrected chi connectivity index (χ0v) is 12.9. The third-order valence-electron chi connectivity index (χ3n) is 3.30. The van der Waals surface area contributed by atoms with Gasteiger partial charge in [0.25, 0.3) is 0 Å². The minimum absolute atomic E-state index is 0.0743. The number of nitrogens with one attached hydrogen (secondary N) is 1. The van der Waals surface area contributed by atoms with Crippen LogP contribution in [0.4, 0.5) is 11.9 Å². The lowest BCUT2D eigenvalue weighted by Gasteiger charge is -2.30. The van der Waals surface area contributed by atoms with Gasteiger partial charge in [-0.1, -0.05) is 6.92 Å². The van der Waals surface area contributed by atoms with Crippen LogP contribution in [0.25, 0.3) is 0 Å². The number of aromatic nitrogens is 3. The highest BCUT2D eigenvalue weighted by Gasteiger charge is 2.28. The first-order valence-electron chi connectivity index (χ1n) is 6.70. The summed E-state index contributed by atoms with van der Waals surface area (Å²) in [6, 6.07) is 0. The van der Waals surface area contributed by atoms with E-state index >= 15 is 0 Å².